The number of ether oxygens (including phenoxy) is 4. The number of hydrogen-bond acceptors (Lipinski definition) is 10. The van der Waals surface area contributed by atoms with Crippen LogP contribution in [0, 0.1) is 5.92 Å². The first-order chi connectivity index (χ1) is 11.9. The fraction of sp³-hybridized carbons (Fsp3) is 1.00. The zero-order valence-corrected chi connectivity index (χ0v) is 14.5. The summed E-state index contributed by atoms with van der Waals surface area (Å²) in [5.41, 5.74) is 11.9. The molecule has 0 aromatic carbocycles. The zero-order valence-electron chi connectivity index (χ0n) is 14.5. The molecule has 0 bridgehead atoms. The van der Waals surface area contributed by atoms with Crippen molar-refractivity contribution in [1.82, 2.24) is 0 Å². The van der Waals surface area contributed by atoms with Gasteiger partial charge in [0, 0.05) is 13.0 Å². The van der Waals surface area contributed by atoms with Gasteiger partial charge in [0.2, 0.25) is 0 Å². The summed E-state index contributed by atoms with van der Waals surface area (Å²) in [5, 5.41) is 39.8. The highest BCUT2D eigenvalue weighted by molar-refractivity contribution is 4.96. The van der Waals surface area contributed by atoms with Gasteiger partial charge in [0.05, 0.1) is 37.5 Å². The van der Waals surface area contributed by atoms with Crippen LogP contribution in [0.15, 0.2) is 0 Å². The van der Waals surface area contributed by atoms with Crippen molar-refractivity contribution in [3.05, 3.63) is 0 Å². The smallest absolute Gasteiger partial charge is 0.176 e. The molecule has 0 radical (unpaired) electrons. The van der Waals surface area contributed by atoms with Crippen LogP contribution < -0.4 is 11.5 Å². The van der Waals surface area contributed by atoms with Gasteiger partial charge in [-0.1, -0.05) is 6.92 Å². The Bertz CT molecular complexity index is 413. The van der Waals surface area contributed by atoms with E-state index in [-0.39, 0.29) is 12.5 Å². The summed E-state index contributed by atoms with van der Waals surface area (Å²) >= 11 is 0. The molecule has 0 amide bonds. The predicted molar refractivity (Wildman–Crippen MR) is 85.1 cm³/mol. The van der Waals surface area contributed by atoms with Crippen LogP contribution in [0.2, 0.25) is 0 Å². The highest BCUT2D eigenvalue weighted by Crippen LogP contribution is 2.31. The highest BCUT2D eigenvalue weighted by atomic mass is 16.7. The molecule has 10 heteroatoms. The Balaban J connectivity index is 2.13. The standard InChI is InChI=1S/C15H30N2O8/c1-3-6-7(4-18)23-15(9(16)11(6)20)25-13-8(5-19)24-14(22-2)10(17)12(13)21/h6-15,18-21H,3-5,16-17H2,1-2H3/t6-,7?,8-,9?,10?,11+,12?,13+,14-,15-/m0/s1. The van der Waals surface area contributed by atoms with Crippen LogP contribution in [-0.2, 0) is 18.9 Å². The van der Waals surface area contributed by atoms with Crippen molar-refractivity contribution >= 4 is 0 Å². The lowest BCUT2D eigenvalue weighted by atomic mass is 9.86. The molecular formula is C15H30N2O8. The second-order valence-corrected chi connectivity index (χ2v) is 6.50. The minimum absolute atomic E-state index is 0.305. The molecule has 10 atom stereocenters. The molecule has 2 saturated heterocycles. The maximum Gasteiger partial charge on any atom is 0.176 e. The third-order valence-electron chi connectivity index (χ3n) is 5.01. The van der Waals surface area contributed by atoms with Gasteiger partial charge in [0.15, 0.2) is 12.6 Å². The number of rotatable bonds is 6. The lowest BCUT2D eigenvalue weighted by Crippen LogP contribution is -2.66. The number of aliphatic hydroxyl groups excluding tert-OH is 4. The quantitative estimate of drug-likeness (QED) is 0.282. The Kier molecular flexibility index (Phi) is 7.52. The lowest BCUT2D eigenvalue weighted by molar-refractivity contribution is -0.322. The maximum absolute atomic E-state index is 10.4. The summed E-state index contributed by atoms with van der Waals surface area (Å²) in [5.74, 6) is -0.332. The van der Waals surface area contributed by atoms with Crippen LogP contribution in [0.1, 0.15) is 13.3 Å². The van der Waals surface area contributed by atoms with E-state index >= 15 is 0 Å². The molecule has 0 saturated carbocycles. The average molecular weight is 366 g/mol. The van der Waals surface area contributed by atoms with E-state index in [1.807, 2.05) is 6.92 Å². The third kappa shape index (κ3) is 4.14. The zero-order chi connectivity index (χ0) is 18.7. The summed E-state index contributed by atoms with van der Waals surface area (Å²) in [6, 6.07) is -1.80. The minimum Gasteiger partial charge on any atom is -0.394 e. The molecule has 0 spiro atoms. The molecule has 10 nitrogen and oxygen atoms in total. The van der Waals surface area contributed by atoms with Gasteiger partial charge in [-0.2, -0.15) is 0 Å². The van der Waals surface area contributed by atoms with E-state index in [1.165, 1.54) is 7.11 Å². The van der Waals surface area contributed by atoms with Gasteiger partial charge in [-0.15, -0.1) is 0 Å². The summed E-state index contributed by atoms with van der Waals surface area (Å²) in [6.45, 7) is 1.11. The third-order valence-corrected chi connectivity index (χ3v) is 5.01. The SMILES string of the molecule is CC[C@H]1C(CO)O[C@@H](O[C@H]2C(O)C(N)[C@@H](OC)O[C@H]2CO)C(N)[C@@H]1O. The summed E-state index contributed by atoms with van der Waals surface area (Å²) in [7, 11) is 1.38. The van der Waals surface area contributed by atoms with E-state index in [2.05, 4.69) is 0 Å². The van der Waals surface area contributed by atoms with Crippen molar-refractivity contribution in [3.63, 3.8) is 0 Å². The predicted octanol–water partition coefficient (Wildman–Crippen LogP) is -3.14. The molecule has 148 valence electrons. The van der Waals surface area contributed by atoms with E-state index < -0.39 is 61.8 Å². The van der Waals surface area contributed by atoms with Crippen molar-refractivity contribution in [2.45, 2.75) is 68.5 Å². The fourth-order valence-electron chi connectivity index (χ4n) is 3.46. The topological polar surface area (TPSA) is 170 Å². The largest absolute Gasteiger partial charge is 0.394 e. The first kappa shape index (κ1) is 20.9. The maximum atomic E-state index is 10.4. The molecular weight excluding hydrogens is 336 g/mol. The molecule has 2 heterocycles. The first-order valence-electron chi connectivity index (χ1n) is 8.47. The Morgan fingerprint density at radius 1 is 0.920 bits per heavy atom. The highest BCUT2D eigenvalue weighted by Gasteiger charge is 2.49. The van der Waals surface area contributed by atoms with Crippen molar-refractivity contribution in [2.24, 2.45) is 17.4 Å². The van der Waals surface area contributed by atoms with Crippen molar-refractivity contribution in [3.8, 4) is 0 Å². The number of hydrogen-bond donors (Lipinski definition) is 6. The molecule has 2 aliphatic heterocycles. The van der Waals surface area contributed by atoms with Gasteiger partial charge in [0.25, 0.3) is 0 Å². The minimum atomic E-state index is -1.21. The van der Waals surface area contributed by atoms with Crippen LogP contribution in [0.5, 0.6) is 0 Å². The first-order valence-corrected chi connectivity index (χ1v) is 8.47. The molecule has 8 N–H and O–H groups in total. The number of aliphatic hydroxyl groups is 4. The van der Waals surface area contributed by atoms with E-state index in [4.69, 9.17) is 30.4 Å². The molecule has 4 unspecified atom stereocenters. The molecule has 0 aromatic heterocycles. The summed E-state index contributed by atoms with van der Waals surface area (Å²) in [6.07, 6.45) is -6.18. The van der Waals surface area contributed by atoms with Gasteiger partial charge >= 0.3 is 0 Å². The molecule has 2 fully saturated rings. The second kappa shape index (κ2) is 9.00. The molecule has 0 aliphatic carbocycles. The lowest BCUT2D eigenvalue weighted by Gasteiger charge is -2.47. The molecule has 25 heavy (non-hydrogen) atoms. The van der Waals surface area contributed by atoms with Gasteiger partial charge in [-0.3, -0.25) is 0 Å². The Morgan fingerprint density at radius 2 is 1.48 bits per heavy atom. The average Bonchev–Trinajstić information content (AvgIpc) is 2.62. The van der Waals surface area contributed by atoms with Crippen LogP contribution in [0.25, 0.3) is 0 Å². The van der Waals surface area contributed by atoms with Crippen LogP contribution in [-0.4, -0.2) is 95.9 Å². The van der Waals surface area contributed by atoms with Crippen LogP contribution in [0.3, 0.4) is 0 Å². The van der Waals surface area contributed by atoms with Crippen LogP contribution >= 0.6 is 0 Å². The normalized spacial score (nSPS) is 48.5. The summed E-state index contributed by atoms with van der Waals surface area (Å²) < 4.78 is 21.9. The van der Waals surface area contributed by atoms with Gasteiger partial charge < -0.3 is 50.8 Å². The van der Waals surface area contributed by atoms with Crippen molar-refractivity contribution in [1.29, 1.82) is 0 Å². The number of nitrogens with two attached hydrogens (primary N) is 2. The van der Waals surface area contributed by atoms with Crippen LogP contribution in [0.4, 0.5) is 0 Å². The molecule has 2 aliphatic rings. The van der Waals surface area contributed by atoms with Gasteiger partial charge in [0.1, 0.15) is 18.3 Å². The monoisotopic (exact) mass is 366 g/mol. The molecule has 0 aromatic rings. The number of methoxy groups -OCH3 is 1. The van der Waals surface area contributed by atoms with Crippen molar-refractivity contribution < 1.29 is 39.4 Å². The van der Waals surface area contributed by atoms with E-state index in [0.29, 0.717) is 6.42 Å². The Hall–Kier alpha value is -0.400. The fourth-order valence-corrected chi connectivity index (χ4v) is 3.46. The van der Waals surface area contributed by atoms with E-state index in [9.17, 15) is 20.4 Å². The van der Waals surface area contributed by atoms with E-state index in [1.54, 1.807) is 0 Å². The van der Waals surface area contributed by atoms with Gasteiger partial charge in [-0.05, 0) is 6.42 Å². The van der Waals surface area contributed by atoms with Gasteiger partial charge in [-0.25, -0.2) is 0 Å². The second-order valence-electron chi connectivity index (χ2n) is 6.50. The Morgan fingerprint density at radius 3 is 2.00 bits per heavy atom. The summed E-state index contributed by atoms with van der Waals surface area (Å²) in [4.78, 5) is 0. The van der Waals surface area contributed by atoms with Crippen molar-refractivity contribution in [2.75, 3.05) is 20.3 Å². The molecule has 2 rings (SSSR count). The Labute approximate surface area is 146 Å². The van der Waals surface area contributed by atoms with E-state index in [0.717, 1.165) is 0 Å².